The molecule has 1 aromatic carbocycles. The number of nitrogens with one attached hydrogen (secondary N) is 1. The Balaban J connectivity index is 2.47. The summed E-state index contributed by atoms with van der Waals surface area (Å²) in [7, 11) is 4.23. The fourth-order valence-electron chi connectivity index (χ4n) is 2.03. The molecule has 102 valence electrons. The highest BCUT2D eigenvalue weighted by atomic mass is 35.5. The second-order valence-electron chi connectivity index (χ2n) is 5.15. The smallest absolute Gasteiger partial charge is 0.0595 e. The summed E-state index contributed by atoms with van der Waals surface area (Å²) in [6.07, 6.45) is 0. The molecule has 1 unspecified atom stereocenters. The van der Waals surface area contributed by atoms with E-state index in [1.807, 2.05) is 18.2 Å². The van der Waals surface area contributed by atoms with E-state index in [1.165, 1.54) is 0 Å². The lowest BCUT2D eigenvalue weighted by molar-refractivity contribution is 0.224. The number of hydrogen-bond acceptors (Lipinski definition) is 2. The first-order chi connectivity index (χ1) is 8.41. The molecule has 1 aromatic rings. The number of benzene rings is 1. The summed E-state index contributed by atoms with van der Waals surface area (Å²) >= 11 is 11.9. The molecule has 1 rings (SSSR count). The first kappa shape index (κ1) is 15.8. The Morgan fingerprint density at radius 3 is 2.33 bits per heavy atom. The molecule has 0 saturated carbocycles. The second kappa shape index (κ2) is 7.34. The monoisotopic (exact) mass is 288 g/mol. The van der Waals surface area contributed by atoms with E-state index < -0.39 is 0 Å². The summed E-state index contributed by atoms with van der Waals surface area (Å²) in [4.78, 5) is 2.26. The number of likely N-dealkylation sites (N-methyl/N-ethyl adjacent to an activating group) is 1. The molecule has 4 heteroatoms. The van der Waals surface area contributed by atoms with Crippen LogP contribution < -0.4 is 5.32 Å². The maximum atomic E-state index is 5.99. The molecule has 0 aliphatic heterocycles. The van der Waals surface area contributed by atoms with Crippen LogP contribution in [0.2, 0.25) is 10.0 Å². The molecule has 1 N–H and O–H groups in total. The van der Waals surface area contributed by atoms with Crippen LogP contribution in [0.4, 0.5) is 0 Å². The highest BCUT2D eigenvalue weighted by Gasteiger charge is 2.14. The molecule has 0 saturated heterocycles. The van der Waals surface area contributed by atoms with E-state index in [-0.39, 0.29) is 0 Å². The maximum Gasteiger partial charge on any atom is 0.0595 e. The average Bonchev–Trinajstić information content (AvgIpc) is 2.28. The normalized spacial score (nSPS) is 13.3. The van der Waals surface area contributed by atoms with Crippen molar-refractivity contribution in [3.8, 4) is 0 Å². The van der Waals surface area contributed by atoms with Crippen LogP contribution in [0.5, 0.6) is 0 Å². The van der Waals surface area contributed by atoms with Crippen LogP contribution in [0.1, 0.15) is 19.4 Å². The van der Waals surface area contributed by atoms with Gasteiger partial charge in [-0.2, -0.15) is 0 Å². The molecule has 0 amide bonds. The van der Waals surface area contributed by atoms with Gasteiger partial charge in [-0.1, -0.05) is 43.1 Å². The van der Waals surface area contributed by atoms with Gasteiger partial charge in [0.05, 0.1) is 10.0 Å². The third-order valence-electron chi connectivity index (χ3n) is 3.10. The number of rotatable bonds is 6. The minimum atomic E-state index is 0.535. The van der Waals surface area contributed by atoms with Gasteiger partial charge in [0, 0.05) is 19.1 Å². The quantitative estimate of drug-likeness (QED) is 0.859. The van der Waals surface area contributed by atoms with E-state index in [0.29, 0.717) is 22.0 Å². The highest BCUT2D eigenvalue weighted by molar-refractivity contribution is 6.42. The van der Waals surface area contributed by atoms with Crippen molar-refractivity contribution < 1.29 is 0 Å². The van der Waals surface area contributed by atoms with Crippen LogP contribution in [0, 0.1) is 5.92 Å². The van der Waals surface area contributed by atoms with Crippen LogP contribution in [0.25, 0.3) is 0 Å². The molecule has 2 nitrogen and oxygen atoms in total. The van der Waals surface area contributed by atoms with Gasteiger partial charge in [-0.05, 0) is 37.7 Å². The Morgan fingerprint density at radius 1 is 1.17 bits per heavy atom. The predicted octanol–water partition coefficient (Wildman–Crippen LogP) is 3.67. The van der Waals surface area contributed by atoms with Crippen molar-refractivity contribution in [1.82, 2.24) is 10.2 Å². The third-order valence-corrected chi connectivity index (χ3v) is 3.84. The molecule has 0 aliphatic carbocycles. The fraction of sp³-hybridized carbons (Fsp3) is 0.571. The Kier molecular flexibility index (Phi) is 6.44. The average molecular weight is 289 g/mol. The Labute approximate surface area is 120 Å². The fourth-order valence-corrected chi connectivity index (χ4v) is 2.35. The summed E-state index contributed by atoms with van der Waals surface area (Å²) in [5, 5.41) is 4.69. The molecule has 0 heterocycles. The molecular weight excluding hydrogens is 267 g/mol. The van der Waals surface area contributed by atoms with Crippen molar-refractivity contribution in [3.05, 3.63) is 33.8 Å². The summed E-state index contributed by atoms with van der Waals surface area (Å²) in [6.45, 7) is 6.26. The van der Waals surface area contributed by atoms with E-state index in [0.717, 1.165) is 18.7 Å². The minimum Gasteiger partial charge on any atom is -0.311 e. The lowest BCUT2D eigenvalue weighted by Crippen LogP contribution is -2.41. The van der Waals surface area contributed by atoms with E-state index in [4.69, 9.17) is 23.2 Å². The molecule has 0 fully saturated rings. The first-order valence-corrected chi connectivity index (χ1v) is 6.98. The number of halogens is 2. The largest absolute Gasteiger partial charge is 0.311 e. The van der Waals surface area contributed by atoms with Gasteiger partial charge in [0.2, 0.25) is 0 Å². The maximum absolute atomic E-state index is 5.99. The summed E-state index contributed by atoms with van der Waals surface area (Å²) in [5.74, 6) is 0.626. The molecule has 0 spiro atoms. The standard InChI is InChI=1S/C14H22Cl2N2/c1-10(2)14(18(3)4)9-17-8-11-5-6-12(15)13(16)7-11/h5-7,10,14,17H,8-9H2,1-4H3. The lowest BCUT2D eigenvalue weighted by Gasteiger charge is -2.28. The van der Waals surface area contributed by atoms with E-state index in [9.17, 15) is 0 Å². The topological polar surface area (TPSA) is 15.3 Å². The first-order valence-electron chi connectivity index (χ1n) is 6.23. The van der Waals surface area contributed by atoms with E-state index in [1.54, 1.807) is 0 Å². The second-order valence-corrected chi connectivity index (χ2v) is 5.97. The van der Waals surface area contributed by atoms with Gasteiger partial charge in [0.1, 0.15) is 0 Å². The van der Waals surface area contributed by atoms with Crippen molar-refractivity contribution >= 4 is 23.2 Å². The van der Waals surface area contributed by atoms with E-state index >= 15 is 0 Å². The van der Waals surface area contributed by atoms with Crippen molar-refractivity contribution in [2.24, 2.45) is 5.92 Å². The van der Waals surface area contributed by atoms with E-state index in [2.05, 4.69) is 38.2 Å². The van der Waals surface area contributed by atoms with Gasteiger partial charge in [0.15, 0.2) is 0 Å². The van der Waals surface area contributed by atoms with Gasteiger partial charge in [-0.15, -0.1) is 0 Å². The van der Waals surface area contributed by atoms with Gasteiger partial charge < -0.3 is 10.2 Å². The van der Waals surface area contributed by atoms with Crippen molar-refractivity contribution in [2.75, 3.05) is 20.6 Å². The zero-order valence-electron chi connectivity index (χ0n) is 11.5. The summed E-state index contributed by atoms with van der Waals surface area (Å²) in [5.41, 5.74) is 1.16. The van der Waals surface area contributed by atoms with Crippen molar-refractivity contribution in [3.63, 3.8) is 0 Å². The van der Waals surface area contributed by atoms with Crippen LogP contribution in [-0.4, -0.2) is 31.6 Å². The molecule has 0 radical (unpaired) electrons. The highest BCUT2D eigenvalue weighted by Crippen LogP contribution is 2.22. The van der Waals surface area contributed by atoms with Crippen molar-refractivity contribution in [2.45, 2.75) is 26.4 Å². The van der Waals surface area contributed by atoms with Crippen LogP contribution in [0.15, 0.2) is 18.2 Å². The van der Waals surface area contributed by atoms with Gasteiger partial charge in [-0.3, -0.25) is 0 Å². The van der Waals surface area contributed by atoms with Gasteiger partial charge in [-0.25, -0.2) is 0 Å². The predicted molar refractivity (Wildman–Crippen MR) is 80.5 cm³/mol. The van der Waals surface area contributed by atoms with Crippen molar-refractivity contribution in [1.29, 1.82) is 0 Å². The lowest BCUT2D eigenvalue weighted by atomic mass is 10.0. The molecule has 0 aromatic heterocycles. The van der Waals surface area contributed by atoms with Gasteiger partial charge >= 0.3 is 0 Å². The Hall–Kier alpha value is -0.280. The number of nitrogens with zero attached hydrogens (tertiary/aromatic N) is 1. The summed E-state index contributed by atoms with van der Waals surface area (Å²) in [6, 6.07) is 6.29. The van der Waals surface area contributed by atoms with Gasteiger partial charge in [0.25, 0.3) is 0 Å². The Morgan fingerprint density at radius 2 is 1.83 bits per heavy atom. The summed E-state index contributed by atoms with van der Waals surface area (Å²) < 4.78 is 0. The molecule has 0 aliphatic rings. The molecule has 18 heavy (non-hydrogen) atoms. The molecular formula is C14H22Cl2N2. The third kappa shape index (κ3) is 4.77. The number of hydrogen-bond donors (Lipinski definition) is 1. The Bertz CT molecular complexity index is 370. The zero-order valence-corrected chi connectivity index (χ0v) is 13.0. The van der Waals surface area contributed by atoms with Crippen LogP contribution >= 0.6 is 23.2 Å². The molecule has 0 bridgehead atoms. The minimum absolute atomic E-state index is 0.535. The van der Waals surface area contributed by atoms with Crippen LogP contribution in [0.3, 0.4) is 0 Å². The SMILES string of the molecule is CC(C)C(CNCc1ccc(Cl)c(Cl)c1)N(C)C. The molecule has 1 atom stereocenters. The van der Waals surface area contributed by atoms with Crippen LogP contribution in [-0.2, 0) is 6.54 Å². The zero-order chi connectivity index (χ0) is 13.7.